The molecule has 3 nitrogen and oxygen atoms in total. The summed E-state index contributed by atoms with van der Waals surface area (Å²) in [4.78, 5) is 0. The molecule has 1 aromatic carbocycles. The minimum Gasteiger partial charge on any atom is -0.382 e. The number of benzene rings is 1. The summed E-state index contributed by atoms with van der Waals surface area (Å²) in [6.07, 6.45) is 1.68. The molecule has 5 heteroatoms. The molecule has 0 saturated heterocycles. The number of halogens is 2. The van der Waals surface area contributed by atoms with E-state index < -0.39 is 0 Å². The third-order valence-electron chi connectivity index (χ3n) is 1.78. The van der Waals surface area contributed by atoms with Crippen molar-refractivity contribution >= 4 is 21.7 Å². The van der Waals surface area contributed by atoms with Crippen LogP contribution >= 0.6 is 15.9 Å². The molecule has 0 atom stereocenters. The second-order valence-electron chi connectivity index (χ2n) is 2.78. The Labute approximate surface area is 88.5 Å². The van der Waals surface area contributed by atoms with Crippen LogP contribution in [0.1, 0.15) is 0 Å². The first-order chi connectivity index (χ1) is 6.66. The van der Waals surface area contributed by atoms with Gasteiger partial charge in [-0.15, -0.1) is 0 Å². The van der Waals surface area contributed by atoms with Crippen molar-refractivity contribution in [3.8, 4) is 5.69 Å². The number of hydrogen-bond acceptors (Lipinski definition) is 2. The van der Waals surface area contributed by atoms with Crippen molar-refractivity contribution in [1.82, 2.24) is 9.78 Å². The van der Waals surface area contributed by atoms with Gasteiger partial charge in [-0.2, -0.15) is 5.10 Å². The van der Waals surface area contributed by atoms with Gasteiger partial charge in [0.2, 0.25) is 0 Å². The highest BCUT2D eigenvalue weighted by molar-refractivity contribution is 9.10. The van der Waals surface area contributed by atoms with Crippen molar-refractivity contribution in [2.45, 2.75) is 0 Å². The summed E-state index contributed by atoms with van der Waals surface area (Å²) in [6.45, 7) is 0. The van der Waals surface area contributed by atoms with Crippen molar-refractivity contribution in [3.05, 3.63) is 40.8 Å². The highest BCUT2D eigenvalue weighted by Crippen LogP contribution is 2.18. The maximum atomic E-state index is 13.2. The molecule has 0 amide bonds. The molecular formula is C9H7BrFN3. The maximum absolute atomic E-state index is 13.2. The Morgan fingerprint density at radius 2 is 2.14 bits per heavy atom. The van der Waals surface area contributed by atoms with Crippen LogP contribution in [0.25, 0.3) is 5.69 Å². The van der Waals surface area contributed by atoms with Gasteiger partial charge in [0.1, 0.15) is 11.6 Å². The van der Waals surface area contributed by atoms with Gasteiger partial charge in [0.05, 0.1) is 10.2 Å². The zero-order chi connectivity index (χ0) is 10.1. The van der Waals surface area contributed by atoms with E-state index in [2.05, 4.69) is 21.0 Å². The van der Waals surface area contributed by atoms with Crippen LogP contribution < -0.4 is 5.73 Å². The van der Waals surface area contributed by atoms with E-state index in [-0.39, 0.29) is 5.82 Å². The summed E-state index contributed by atoms with van der Waals surface area (Å²) in [5.74, 6) is 0.0879. The van der Waals surface area contributed by atoms with Crippen LogP contribution in [0.2, 0.25) is 0 Å². The number of nitrogen functional groups attached to an aromatic ring is 1. The Morgan fingerprint density at radius 1 is 1.36 bits per heavy atom. The molecule has 0 radical (unpaired) electrons. The molecule has 0 unspecified atom stereocenters. The van der Waals surface area contributed by atoms with E-state index in [1.165, 1.54) is 10.7 Å². The number of nitrogens with zero attached hydrogens (tertiary/aromatic N) is 2. The zero-order valence-electron chi connectivity index (χ0n) is 7.11. The molecule has 2 N–H and O–H groups in total. The molecule has 0 aliphatic carbocycles. The quantitative estimate of drug-likeness (QED) is 0.851. The Kier molecular flexibility index (Phi) is 2.25. The molecule has 2 aromatic rings. The van der Waals surface area contributed by atoms with E-state index in [0.717, 1.165) is 0 Å². The first kappa shape index (κ1) is 9.21. The summed E-state index contributed by atoms with van der Waals surface area (Å²) in [6, 6.07) is 6.42. The maximum Gasteiger partial charge on any atom is 0.145 e. The van der Waals surface area contributed by atoms with Gasteiger partial charge in [-0.25, -0.2) is 9.07 Å². The summed E-state index contributed by atoms with van der Waals surface area (Å²) >= 11 is 3.08. The van der Waals surface area contributed by atoms with Crippen LogP contribution in [-0.2, 0) is 0 Å². The van der Waals surface area contributed by atoms with Crippen molar-refractivity contribution in [2.75, 3.05) is 5.73 Å². The Bertz CT molecular complexity index is 467. The number of nitrogens with two attached hydrogens (primary N) is 1. The smallest absolute Gasteiger partial charge is 0.145 e. The second kappa shape index (κ2) is 3.42. The fourth-order valence-corrected chi connectivity index (χ4v) is 1.36. The lowest BCUT2D eigenvalue weighted by molar-refractivity contribution is 0.619. The second-order valence-corrected chi connectivity index (χ2v) is 3.64. The molecule has 14 heavy (non-hydrogen) atoms. The molecule has 1 heterocycles. The van der Waals surface area contributed by atoms with Gasteiger partial charge >= 0.3 is 0 Å². The zero-order valence-corrected chi connectivity index (χ0v) is 8.70. The average molecular weight is 256 g/mol. The van der Waals surface area contributed by atoms with Crippen molar-refractivity contribution in [3.63, 3.8) is 0 Å². The fraction of sp³-hybridized carbons (Fsp3) is 0. The number of anilines is 1. The average Bonchev–Trinajstić information content (AvgIpc) is 2.57. The molecule has 72 valence electrons. The van der Waals surface area contributed by atoms with E-state index in [0.29, 0.717) is 16.0 Å². The Morgan fingerprint density at radius 3 is 2.71 bits per heavy atom. The van der Waals surface area contributed by atoms with Crippen LogP contribution in [0.5, 0.6) is 0 Å². The monoisotopic (exact) mass is 255 g/mol. The number of aromatic nitrogens is 2. The lowest BCUT2D eigenvalue weighted by Crippen LogP contribution is -1.96. The van der Waals surface area contributed by atoms with E-state index in [9.17, 15) is 4.39 Å². The predicted octanol–water partition coefficient (Wildman–Crippen LogP) is 2.36. The lowest BCUT2D eigenvalue weighted by atomic mass is 10.3. The van der Waals surface area contributed by atoms with Crippen LogP contribution in [0, 0.1) is 5.82 Å². The normalized spacial score (nSPS) is 10.4. The largest absolute Gasteiger partial charge is 0.382 e. The fourth-order valence-electron chi connectivity index (χ4n) is 1.11. The molecule has 1 aromatic heterocycles. The van der Waals surface area contributed by atoms with Gasteiger partial charge in [-0.1, -0.05) is 0 Å². The van der Waals surface area contributed by atoms with Gasteiger partial charge in [0.15, 0.2) is 0 Å². The van der Waals surface area contributed by atoms with Gasteiger partial charge in [0, 0.05) is 18.3 Å². The molecule has 0 fully saturated rings. The molecule has 0 aliphatic rings. The SMILES string of the molecule is Nc1ccn(-c2ccc(Br)c(F)c2)n1. The Balaban J connectivity index is 2.47. The topological polar surface area (TPSA) is 43.8 Å². The molecule has 0 saturated carbocycles. The lowest BCUT2D eigenvalue weighted by Gasteiger charge is -2.01. The van der Waals surface area contributed by atoms with E-state index in [1.54, 1.807) is 24.4 Å². The van der Waals surface area contributed by atoms with Crippen molar-refractivity contribution < 1.29 is 4.39 Å². The minimum atomic E-state index is -0.323. The molecule has 0 aliphatic heterocycles. The third kappa shape index (κ3) is 1.63. The van der Waals surface area contributed by atoms with Crippen molar-refractivity contribution in [2.24, 2.45) is 0 Å². The summed E-state index contributed by atoms with van der Waals surface area (Å²) in [5.41, 5.74) is 6.09. The van der Waals surface area contributed by atoms with Crippen molar-refractivity contribution in [1.29, 1.82) is 0 Å². The van der Waals surface area contributed by atoms with Crippen LogP contribution in [0.15, 0.2) is 34.9 Å². The van der Waals surface area contributed by atoms with Crippen LogP contribution in [0.4, 0.5) is 10.2 Å². The van der Waals surface area contributed by atoms with Crippen LogP contribution in [0.3, 0.4) is 0 Å². The van der Waals surface area contributed by atoms with E-state index in [4.69, 9.17) is 5.73 Å². The van der Waals surface area contributed by atoms with Gasteiger partial charge in [-0.3, -0.25) is 0 Å². The predicted molar refractivity (Wildman–Crippen MR) is 55.6 cm³/mol. The highest BCUT2D eigenvalue weighted by atomic mass is 79.9. The van der Waals surface area contributed by atoms with Crippen LogP contribution in [-0.4, -0.2) is 9.78 Å². The summed E-state index contributed by atoms with van der Waals surface area (Å²) < 4.78 is 15.1. The van der Waals surface area contributed by atoms with Gasteiger partial charge in [0.25, 0.3) is 0 Å². The van der Waals surface area contributed by atoms with E-state index in [1.807, 2.05) is 0 Å². The molecular weight excluding hydrogens is 249 g/mol. The minimum absolute atomic E-state index is 0.323. The number of hydrogen-bond donors (Lipinski definition) is 1. The first-order valence-corrected chi connectivity index (χ1v) is 4.73. The summed E-state index contributed by atoms with van der Waals surface area (Å²) in [5, 5.41) is 3.96. The summed E-state index contributed by atoms with van der Waals surface area (Å²) in [7, 11) is 0. The van der Waals surface area contributed by atoms with Gasteiger partial charge in [-0.05, 0) is 28.1 Å². The molecule has 2 rings (SSSR count). The standard InChI is InChI=1S/C9H7BrFN3/c10-7-2-1-6(5-8(7)11)14-4-3-9(12)13-14/h1-5H,(H2,12,13). The number of rotatable bonds is 1. The molecule has 0 spiro atoms. The van der Waals surface area contributed by atoms with E-state index >= 15 is 0 Å². The Hall–Kier alpha value is -1.36. The molecule has 0 bridgehead atoms. The highest BCUT2D eigenvalue weighted by Gasteiger charge is 2.02. The third-order valence-corrected chi connectivity index (χ3v) is 2.42. The van der Waals surface area contributed by atoms with Gasteiger partial charge < -0.3 is 5.73 Å². The first-order valence-electron chi connectivity index (χ1n) is 3.93.